The smallest absolute Gasteiger partial charge is 0.0454 e. The molecule has 19 heavy (non-hydrogen) atoms. The first-order chi connectivity index (χ1) is 9.31. The number of H-pyrrole nitrogens is 1. The van der Waals surface area contributed by atoms with Crippen LogP contribution in [0.2, 0.25) is 0 Å². The summed E-state index contributed by atoms with van der Waals surface area (Å²) in [5.41, 5.74) is 5.16. The first-order valence-corrected chi connectivity index (χ1v) is 6.63. The Morgan fingerprint density at radius 3 is 2.63 bits per heavy atom. The lowest BCUT2D eigenvalue weighted by molar-refractivity contribution is 0.693. The number of benzene rings is 2. The highest BCUT2D eigenvalue weighted by Gasteiger charge is 1.98. The third-order valence-electron chi connectivity index (χ3n) is 3.36. The van der Waals surface area contributed by atoms with Crippen molar-refractivity contribution in [1.29, 1.82) is 0 Å². The van der Waals surface area contributed by atoms with Crippen LogP contribution in [0.4, 0.5) is 0 Å². The molecule has 0 atom stereocenters. The first-order valence-electron chi connectivity index (χ1n) is 6.63. The molecule has 1 aromatic heterocycles. The summed E-state index contributed by atoms with van der Waals surface area (Å²) >= 11 is 0. The fourth-order valence-corrected chi connectivity index (χ4v) is 2.39. The van der Waals surface area contributed by atoms with Crippen LogP contribution in [-0.4, -0.2) is 4.98 Å². The largest absolute Gasteiger partial charge is 0.361 e. The minimum atomic E-state index is 0.898. The standard InChI is InChI=1S/C17H18N2/c1-13-3-2-4-14(9-13)11-18-12-15-5-6-17-16(10-15)7-8-19-17/h2-10,18-19H,11-12H2,1H3. The second-order valence-electron chi connectivity index (χ2n) is 4.99. The Balaban J connectivity index is 1.62. The summed E-state index contributed by atoms with van der Waals surface area (Å²) < 4.78 is 0. The van der Waals surface area contributed by atoms with Crippen molar-refractivity contribution in [3.8, 4) is 0 Å². The molecule has 0 amide bonds. The maximum absolute atomic E-state index is 3.49. The van der Waals surface area contributed by atoms with Crippen molar-refractivity contribution in [2.45, 2.75) is 20.0 Å². The van der Waals surface area contributed by atoms with E-state index in [1.807, 2.05) is 6.20 Å². The first kappa shape index (κ1) is 12.0. The zero-order chi connectivity index (χ0) is 13.1. The molecule has 0 aliphatic carbocycles. The normalized spacial score (nSPS) is 11.0. The Hall–Kier alpha value is -2.06. The van der Waals surface area contributed by atoms with Gasteiger partial charge < -0.3 is 10.3 Å². The molecule has 0 spiro atoms. The van der Waals surface area contributed by atoms with Crippen molar-refractivity contribution in [2.24, 2.45) is 0 Å². The fraction of sp³-hybridized carbons (Fsp3) is 0.176. The van der Waals surface area contributed by atoms with Gasteiger partial charge in [-0.05, 0) is 41.6 Å². The monoisotopic (exact) mass is 250 g/mol. The van der Waals surface area contributed by atoms with Gasteiger partial charge in [0, 0.05) is 24.8 Å². The number of hydrogen-bond acceptors (Lipinski definition) is 1. The van der Waals surface area contributed by atoms with Gasteiger partial charge in [0.2, 0.25) is 0 Å². The fourth-order valence-electron chi connectivity index (χ4n) is 2.39. The van der Waals surface area contributed by atoms with Crippen molar-refractivity contribution < 1.29 is 0 Å². The second kappa shape index (κ2) is 5.29. The number of fused-ring (bicyclic) bond motifs is 1. The van der Waals surface area contributed by atoms with E-state index in [0.29, 0.717) is 0 Å². The minimum Gasteiger partial charge on any atom is -0.361 e. The van der Waals surface area contributed by atoms with Gasteiger partial charge in [0.1, 0.15) is 0 Å². The minimum absolute atomic E-state index is 0.898. The molecule has 0 bridgehead atoms. The van der Waals surface area contributed by atoms with E-state index in [-0.39, 0.29) is 0 Å². The highest BCUT2D eigenvalue weighted by molar-refractivity contribution is 5.79. The van der Waals surface area contributed by atoms with Crippen LogP contribution in [0.5, 0.6) is 0 Å². The Bertz CT molecular complexity index is 682. The van der Waals surface area contributed by atoms with E-state index in [4.69, 9.17) is 0 Å². The molecule has 0 saturated heterocycles. The Morgan fingerprint density at radius 1 is 0.947 bits per heavy atom. The summed E-state index contributed by atoms with van der Waals surface area (Å²) in [6, 6.07) is 17.3. The molecule has 0 aliphatic heterocycles. The second-order valence-corrected chi connectivity index (χ2v) is 4.99. The van der Waals surface area contributed by atoms with Crippen LogP contribution in [-0.2, 0) is 13.1 Å². The summed E-state index contributed by atoms with van der Waals surface area (Å²) in [5.74, 6) is 0. The van der Waals surface area contributed by atoms with Crippen molar-refractivity contribution in [1.82, 2.24) is 10.3 Å². The quantitative estimate of drug-likeness (QED) is 0.725. The van der Waals surface area contributed by atoms with Crippen LogP contribution < -0.4 is 5.32 Å². The Labute approximate surface area is 113 Å². The van der Waals surface area contributed by atoms with Crippen molar-refractivity contribution >= 4 is 10.9 Å². The molecule has 2 heteroatoms. The highest BCUT2D eigenvalue weighted by Crippen LogP contribution is 2.14. The van der Waals surface area contributed by atoms with Crippen molar-refractivity contribution in [3.05, 3.63) is 71.4 Å². The van der Waals surface area contributed by atoms with Crippen LogP contribution in [0.15, 0.2) is 54.7 Å². The lowest BCUT2D eigenvalue weighted by Gasteiger charge is -2.06. The maximum atomic E-state index is 3.49. The summed E-state index contributed by atoms with van der Waals surface area (Å²) in [5, 5.41) is 4.76. The van der Waals surface area contributed by atoms with Crippen LogP contribution >= 0.6 is 0 Å². The third kappa shape index (κ3) is 2.85. The molecule has 3 rings (SSSR count). The van der Waals surface area contributed by atoms with Gasteiger partial charge in [-0.3, -0.25) is 0 Å². The number of rotatable bonds is 4. The zero-order valence-electron chi connectivity index (χ0n) is 11.1. The molecule has 0 saturated carbocycles. The van der Waals surface area contributed by atoms with Crippen LogP contribution in [0.25, 0.3) is 10.9 Å². The van der Waals surface area contributed by atoms with Gasteiger partial charge in [-0.1, -0.05) is 35.9 Å². The molecule has 2 N–H and O–H groups in total. The molecule has 1 heterocycles. The molecule has 0 fully saturated rings. The summed E-state index contributed by atoms with van der Waals surface area (Å²) in [6.07, 6.45) is 1.98. The summed E-state index contributed by atoms with van der Waals surface area (Å²) in [6.45, 7) is 3.94. The number of hydrogen-bond donors (Lipinski definition) is 2. The molecule has 96 valence electrons. The van der Waals surface area contributed by atoms with E-state index in [1.165, 1.54) is 27.6 Å². The van der Waals surface area contributed by atoms with E-state index in [1.54, 1.807) is 0 Å². The van der Waals surface area contributed by atoms with Gasteiger partial charge in [0.25, 0.3) is 0 Å². The lowest BCUT2D eigenvalue weighted by atomic mass is 10.1. The Morgan fingerprint density at radius 2 is 1.79 bits per heavy atom. The molecule has 2 nitrogen and oxygen atoms in total. The number of aromatic amines is 1. The average molecular weight is 250 g/mol. The molecule has 0 radical (unpaired) electrons. The number of aromatic nitrogens is 1. The van der Waals surface area contributed by atoms with Crippen molar-refractivity contribution in [3.63, 3.8) is 0 Å². The van der Waals surface area contributed by atoms with Crippen molar-refractivity contribution in [2.75, 3.05) is 0 Å². The zero-order valence-corrected chi connectivity index (χ0v) is 11.1. The topological polar surface area (TPSA) is 27.8 Å². The lowest BCUT2D eigenvalue weighted by Crippen LogP contribution is -2.12. The summed E-state index contributed by atoms with van der Waals surface area (Å²) in [4.78, 5) is 3.21. The van der Waals surface area contributed by atoms with E-state index in [0.717, 1.165) is 13.1 Å². The highest BCUT2D eigenvalue weighted by atomic mass is 14.8. The third-order valence-corrected chi connectivity index (χ3v) is 3.36. The van der Waals surface area contributed by atoms with E-state index < -0.39 is 0 Å². The SMILES string of the molecule is Cc1cccc(CNCc2ccc3[nH]ccc3c2)c1. The van der Waals surface area contributed by atoms with Gasteiger partial charge in [-0.15, -0.1) is 0 Å². The van der Waals surface area contributed by atoms with Gasteiger partial charge in [0.05, 0.1) is 0 Å². The van der Waals surface area contributed by atoms with Crippen LogP contribution in [0.1, 0.15) is 16.7 Å². The Kier molecular flexibility index (Phi) is 3.34. The van der Waals surface area contributed by atoms with E-state index in [2.05, 4.69) is 65.8 Å². The molecular weight excluding hydrogens is 232 g/mol. The van der Waals surface area contributed by atoms with Gasteiger partial charge >= 0.3 is 0 Å². The number of nitrogens with one attached hydrogen (secondary N) is 2. The molecule has 0 unspecified atom stereocenters. The molecule has 2 aromatic carbocycles. The molecule has 0 aliphatic rings. The molecular formula is C17H18N2. The van der Waals surface area contributed by atoms with E-state index in [9.17, 15) is 0 Å². The van der Waals surface area contributed by atoms with Gasteiger partial charge in [-0.25, -0.2) is 0 Å². The average Bonchev–Trinajstić information content (AvgIpc) is 2.86. The maximum Gasteiger partial charge on any atom is 0.0454 e. The summed E-state index contributed by atoms with van der Waals surface area (Å²) in [7, 11) is 0. The predicted molar refractivity (Wildman–Crippen MR) is 80.0 cm³/mol. The van der Waals surface area contributed by atoms with Gasteiger partial charge in [-0.2, -0.15) is 0 Å². The van der Waals surface area contributed by atoms with E-state index >= 15 is 0 Å². The van der Waals surface area contributed by atoms with Crippen LogP contribution in [0, 0.1) is 6.92 Å². The number of aryl methyl sites for hydroxylation is 1. The predicted octanol–water partition coefficient (Wildman–Crippen LogP) is 3.77. The van der Waals surface area contributed by atoms with Gasteiger partial charge in [0.15, 0.2) is 0 Å². The molecule has 3 aromatic rings. The van der Waals surface area contributed by atoms with Crippen LogP contribution in [0.3, 0.4) is 0 Å².